The lowest BCUT2D eigenvalue weighted by Crippen LogP contribution is -2.13. The van der Waals surface area contributed by atoms with Gasteiger partial charge in [-0.1, -0.05) is 24.2 Å². The van der Waals surface area contributed by atoms with Gasteiger partial charge in [-0.2, -0.15) is 0 Å². The summed E-state index contributed by atoms with van der Waals surface area (Å²) in [5.41, 5.74) is -1.75. The topological polar surface area (TPSA) is 365 Å². The minimum Gasteiger partial charge on any atom is -0.324 e. The zero-order chi connectivity index (χ0) is 135. The van der Waals surface area contributed by atoms with Crippen LogP contribution in [0.1, 0.15) is 163 Å². The van der Waals surface area contributed by atoms with Crippen molar-refractivity contribution in [3.8, 4) is 67.8 Å². The van der Waals surface area contributed by atoms with Crippen LogP contribution in [0.3, 0.4) is 0 Å². The molecule has 0 saturated heterocycles. The van der Waals surface area contributed by atoms with E-state index in [4.69, 9.17) is 54.8 Å². The van der Waals surface area contributed by atoms with Gasteiger partial charge in [0.25, 0.3) is 23.6 Å². The molecular formula is C114H102N26O4. The number of pyridine rings is 4. The number of aromatic nitrogens is 18. The van der Waals surface area contributed by atoms with Gasteiger partial charge in [0, 0.05) is 232 Å². The molecule has 12 heterocycles. The molecular weight excluding hydrogens is 1800 g/mol. The third-order valence-corrected chi connectivity index (χ3v) is 19.7. The third kappa shape index (κ3) is 25.2. The van der Waals surface area contributed by atoms with E-state index in [1.807, 2.05) is 13.0 Å². The van der Waals surface area contributed by atoms with Crippen LogP contribution in [0, 0.1) is 82.9 Å². The summed E-state index contributed by atoms with van der Waals surface area (Å²) in [4.78, 5) is 112. The smallest absolute Gasteiger partial charge is 0.255 e. The molecule has 0 aliphatic rings. The Hall–Kier alpha value is -19.3. The van der Waals surface area contributed by atoms with Crippen molar-refractivity contribution in [1.82, 2.24) is 88.0 Å². The molecule has 4 amide bonds. The van der Waals surface area contributed by atoms with Crippen LogP contribution in [0.25, 0.3) is 67.8 Å². The monoisotopic (exact) mass is 1940 g/mol. The van der Waals surface area contributed by atoms with Gasteiger partial charge in [-0.15, -0.1) is 0 Å². The number of carbonyl (C=O) groups excluding carboxylic acids is 4. The van der Waals surface area contributed by atoms with Crippen molar-refractivity contribution in [2.24, 2.45) is 0 Å². The molecule has 8 N–H and O–H groups in total. The molecule has 0 saturated carbocycles. The molecule has 0 spiro atoms. The minimum absolute atomic E-state index is 0.0134. The lowest BCUT2D eigenvalue weighted by atomic mass is 10.1. The van der Waals surface area contributed by atoms with Crippen molar-refractivity contribution in [1.29, 1.82) is 0 Å². The van der Waals surface area contributed by atoms with Crippen LogP contribution < -0.4 is 42.5 Å². The zero-order valence-corrected chi connectivity index (χ0v) is 77.5. The summed E-state index contributed by atoms with van der Waals surface area (Å²) in [6.45, 7) is 9.09. The maximum atomic E-state index is 13.8. The molecule has 20 aromatic rings. The first-order chi connectivity index (χ1) is 86.5. The second kappa shape index (κ2) is 44.5. The minimum atomic E-state index is -3.01. The quantitative estimate of drug-likeness (QED) is 0.0278. The largest absolute Gasteiger partial charge is 0.324 e. The number of nitrogens with one attached hydrogen (secondary N) is 8. The molecule has 30 nitrogen and oxygen atoms in total. The van der Waals surface area contributed by atoms with Gasteiger partial charge >= 0.3 is 0 Å². The number of carbonyl (C=O) groups is 4. The highest BCUT2D eigenvalue weighted by Crippen LogP contribution is 2.33. The van der Waals surface area contributed by atoms with E-state index in [1.165, 1.54) is 92.3 Å². The molecule has 8 aromatic carbocycles. The average molecular weight is 1940 g/mol. The zero-order valence-electron chi connectivity index (χ0n) is 118. The Bertz CT molecular complexity index is 10200. The molecule has 0 aliphatic carbocycles. The van der Waals surface area contributed by atoms with Crippen LogP contribution in [0.4, 0.5) is 69.3 Å². The fourth-order valence-corrected chi connectivity index (χ4v) is 13.1. The Morgan fingerprint density at radius 1 is 0.312 bits per heavy atom. The van der Waals surface area contributed by atoms with Crippen LogP contribution in [-0.4, -0.2) is 112 Å². The highest BCUT2D eigenvalue weighted by atomic mass is 16.2. The summed E-state index contributed by atoms with van der Waals surface area (Å²) in [6.07, 6.45) is 15.7. The van der Waals surface area contributed by atoms with E-state index in [0.29, 0.717) is 33.8 Å². The first kappa shape index (κ1) is 58.5. The van der Waals surface area contributed by atoms with E-state index in [9.17, 15) is 19.2 Å². The van der Waals surface area contributed by atoms with Gasteiger partial charge in [0.05, 0.1) is 90.6 Å². The number of aryl methyl sites for hydroxylation is 4. The van der Waals surface area contributed by atoms with Crippen LogP contribution in [-0.2, 0) is 0 Å². The number of benzene rings is 8. The predicted molar refractivity (Wildman–Crippen MR) is 567 cm³/mol. The molecule has 0 unspecified atom stereocenters. The second-order valence-corrected chi connectivity index (χ2v) is 30.9. The fourth-order valence-electron chi connectivity index (χ4n) is 13.1. The maximum absolute atomic E-state index is 13.8. The lowest BCUT2D eigenvalue weighted by molar-refractivity contribution is 0.101. The van der Waals surface area contributed by atoms with E-state index in [-0.39, 0.29) is 204 Å². The van der Waals surface area contributed by atoms with Gasteiger partial charge in [0.1, 0.15) is 2.74 Å². The van der Waals surface area contributed by atoms with Gasteiger partial charge in [0.2, 0.25) is 23.8 Å². The number of hydrogen-bond acceptors (Lipinski definition) is 22. The van der Waals surface area contributed by atoms with Crippen LogP contribution in [0.2, 0.25) is 0 Å². The second-order valence-electron chi connectivity index (χ2n) is 30.9. The Balaban J connectivity index is 0.000000161. The number of hydrogen-bond donors (Lipinski definition) is 8. The summed E-state index contributed by atoms with van der Waals surface area (Å²) >= 11 is 0. The molecule has 30 heteroatoms. The fraction of sp³-hybridized carbons (Fsp3) is 0.105. The number of amides is 4. The Kier molecular flexibility index (Phi) is 18.1. The van der Waals surface area contributed by atoms with Crippen molar-refractivity contribution in [2.45, 2.75) is 82.9 Å². The first-order valence-electron chi connectivity index (χ1n) is 63.1. The highest BCUT2D eigenvalue weighted by molar-refractivity contribution is 6.08. The van der Waals surface area contributed by atoms with Crippen molar-refractivity contribution in [3.05, 3.63) is 443 Å². The number of anilines is 12. The number of rotatable bonds is 24. The van der Waals surface area contributed by atoms with Crippen molar-refractivity contribution < 1.29 is 74.0 Å². The summed E-state index contributed by atoms with van der Waals surface area (Å²) in [6, 6.07) is 6.46. The molecule has 0 radical (unpaired) electrons. The van der Waals surface area contributed by atoms with Crippen molar-refractivity contribution in [3.63, 3.8) is 0 Å². The van der Waals surface area contributed by atoms with Crippen LogP contribution in [0.15, 0.2) is 354 Å². The predicted octanol–water partition coefficient (Wildman–Crippen LogP) is 23.8. The standard InChI is InChI=1S/2C29H26N6O.2C28H25N7O/c2*1-19-9-12-35(18-19)25-14-20(2)13-24(16-25)32-28(36)22-7-6-21(3)27(15-22)34-29-31-11-8-26(33-29)23-5-4-10-30-17-23;2*1-18-11-23(14-24(12-18)35-16-20(3)31-17-35)32-27(36)21-7-6-19(2)26(13-21)34-28-30-10-8-25(33-28)22-5-4-9-29-15-22/h2*4-18H,1-3H3,(H,32,36)(H,31,33,34);2*4-17H,1-3H3,(H,32,36)(H,30,33,34)/i4D,5D,6D,7D,10D,13D,14D,15D,16D,17D;3D3,6D,7D,12D,13D,14D,15D,16D,18D;2D3,6D,7D,11D,12D,13D,14D,16D,17D;6D,7D,11D,12D,13D,14D,16D,17D. The average Bonchev–Trinajstić information content (AvgIpc) is 1.20. The van der Waals surface area contributed by atoms with E-state index >= 15 is 0 Å². The van der Waals surface area contributed by atoms with Crippen molar-refractivity contribution in [2.75, 3.05) is 42.5 Å². The van der Waals surface area contributed by atoms with Gasteiger partial charge < -0.3 is 60.8 Å². The van der Waals surface area contributed by atoms with Crippen LogP contribution >= 0.6 is 0 Å². The van der Waals surface area contributed by atoms with E-state index in [1.54, 1.807) is 116 Å². The molecule has 0 atom stereocenters. The summed E-state index contributed by atoms with van der Waals surface area (Å²) < 4.78 is 341. The molecule has 12 aromatic heterocycles. The van der Waals surface area contributed by atoms with Gasteiger partial charge in [-0.25, -0.2) is 49.8 Å². The summed E-state index contributed by atoms with van der Waals surface area (Å²) in [7, 11) is 0. The molecule has 144 heavy (non-hydrogen) atoms. The van der Waals surface area contributed by atoms with E-state index in [2.05, 4.69) is 112 Å². The molecule has 0 aliphatic heterocycles. The third-order valence-electron chi connectivity index (χ3n) is 19.7. The molecule has 20 rings (SSSR count). The summed E-state index contributed by atoms with van der Waals surface area (Å²) in [5.74, 6) is -4.88. The number of nitrogens with zero attached hydrogens (tertiary/aromatic N) is 18. The first-order valence-corrected chi connectivity index (χ1v) is 43.1. The highest BCUT2D eigenvalue weighted by Gasteiger charge is 2.20. The Morgan fingerprint density at radius 3 is 0.979 bits per heavy atom. The van der Waals surface area contributed by atoms with Gasteiger partial charge in [-0.05, 0) is 344 Å². The normalized spacial score (nSPS) is 14.8. The van der Waals surface area contributed by atoms with Gasteiger partial charge in [0.15, 0.2) is 0 Å². The van der Waals surface area contributed by atoms with E-state index < -0.39 is 221 Å². The maximum Gasteiger partial charge on any atom is 0.255 e. The van der Waals surface area contributed by atoms with Gasteiger partial charge in [-0.3, -0.25) is 39.1 Å². The van der Waals surface area contributed by atoms with Crippen LogP contribution in [0.5, 0.6) is 0 Å². The molecule has 712 valence electrons. The Morgan fingerprint density at radius 2 is 0.660 bits per heavy atom. The number of imidazole rings is 2. The summed E-state index contributed by atoms with van der Waals surface area (Å²) in [5, 5.41) is 20.6. The molecule has 0 bridgehead atoms. The Labute approximate surface area is 888 Å². The molecule has 0 fully saturated rings. The van der Waals surface area contributed by atoms with Crippen molar-refractivity contribution >= 4 is 92.9 Å². The lowest BCUT2D eigenvalue weighted by Gasteiger charge is -2.13. The SMILES string of the molecule is [2H]c1c(C)c([2H])c(-n2c([2H])cc(C)c2[2H])c([2H])c1NC(=O)c1c([2H])c([2H])c(C([2H])([2H])[2H])c(Nc2nccc(-c3cccnc3)n2)c1[2H].[2H]c1c(C)c([2H])c(-n2c([2H])nc(C)c2[2H])c([2H])c1NC(=O)c1c([2H])c([2H])c(C([2H])([2H])[2H])c(Nc2nccc(-c3cccnc3)n2)c1[2H].[2H]c1c([2H])c(C(=O)Nc2c([2H])c(C)c([2H])c(-n3c([2H])nc(C)c3[2H])c2[2H])c([2H])c(Nc2nccc(-c3cccnc3)n2)c1C.[2H]c1nc([2H])c(-c2ccnc(Nc3c([2H])c(C(=O)Nc4c([2H])c(C)c([2H])c(-n5ccc(C)c5)c4[2H])c([2H])c([2H])c3C)n2)c([2H])c1[2H]. The van der Waals surface area contributed by atoms with E-state index in [0.717, 1.165) is 24.8 Å².